The van der Waals surface area contributed by atoms with Gasteiger partial charge in [0.05, 0.1) is 24.6 Å². The first-order valence-corrected chi connectivity index (χ1v) is 10.8. The van der Waals surface area contributed by atoms with Crippen molar-refractivity contribution in [2.75, 3.05) is 17.7 Å². The number of amides is 1. The van der Waals surface area contributed by atoms with E-state index in [1.54, 1.807) is 25.1 Å². The monoisotopic (exact) mass is 444 g/mol. The minimum absolute atomic E-state index is 0.185. The van der Waals surface area contributed by atoms with Gasteiger partial charge in [-0.25, -0.2) is 8.42 Å². The molecule has 0 saturated carbocycles. The van der Waals surface area contributed by atoms with E-state index >= 15 is 0 Å². The molecule has 6 nitrogen and oxygen atoms in total. The topological polar surface area (TPSA) is 75.7 Å². The number of ether oxygens (including phenoxy) is 1. The number of sulfonamides is 1. The minimum atomic E-state index is -4.50. The molecule has 1 amide bonds. The second kappa shape index (κ2) is 8.95. The molecule has 0 saturated heterocycles. The molecular weight excluding hydrogens is 421 g/mol. The molecule has 2 rings (SSSR count). The van der Waals surface area contributed by atoms with Gasteiger partial charge in [0, 0.05) is 6.54 Å². The number of hydrogen-bond acceptors (Lipinski definition) is 4. The zero-order valence-corrected chi connectivity index (χ0v) is 17.8. The predicted octanol–water partition coefficient (Wildman–Crippen LogP) is 3.49. The highest BCUT2D eigenvalue weighted by molar-refractivity contribution is 7.92. The average molecular weight is 444 g/mol. The third kappa shape index (κ3) is 5.65. The summed E-state index contributed by atoms with van der Waals surface area (Å²) in [6.45, 7) is 2.97. The molecule has 1 unspecified atom stereocenters. The van der Waals surface area contributed by atoms with Gasteiger partial charge in [-0.1, -0.05) is 18.2 Å². The van der Waals surface area contributed by atoms with Gasteiger partial charge in [-0.3, -0.25) is 9.10 Å². The van der Waals surface area contributed by atoms with Crippen LogP contribution < -0.4 is 14.4 Å². The van der Waals surface area contributed by atoms with Crippen LogP contribution in [0.1, 0.15) is 23.6 Å². The number of nitrogens with zero attached hydrogens (tertiary/aromatic N) is 1. The first-order valence-electron chi connectivity index (χ1n) is 8.92. The molecule has 30 heavy (non-hydrogen) atoms. The van der Waals surface area contributed by atoms with E-state index in [1.165, 1.54) is 26.2 Å². The summed E-state index contributed by atoms with van der Waals surface area (Å²) in [5.41, 5.74) is 0.367. The molecule has 0 aliphatic carbocycles. The number of rotatable bonds is 7. The lowest BCUT2D eigenvalue weighted by Gasteiger charge is -2.29. The van der Waals surface area contributed by atoms with Crippen LogP contribution in [0.2, 0.25) is 0 Å². The third-order valence-electron chi connectivity index (χ3n) is 4.38. The van der Waals surface area contributed by atoms with E-state index in [9.17, 15) is 26.4 Å². The summed E-state index contributed by atoms with van der Waals surface area (Å²) in [5.74, 6) is -0.398. The summed E-state index contributed by atoms with van der Waals surface area (Å²) >= 11 is 0. The number of nitrogens with one attached hydrogen (secondary N) is 1. The average Bonchev–Trinajstić information content (AvgIpc) is 2.65. The van der Waals surface area contributed by atoms with Crippen LogP contribution in [0.4, 0.5) is 18.9 Å². The Morgan fingerprint density at radius 3 is 2.43 bits per heavy atom. The first-order chi connectivity index (χ1) is 13.8. The molecule has 0 aromatic heterocycles. The molecule has 0 spiro atoms. The number of hydrogen-bond donors (Lipinski definition) is 1. The molecule has 0 fully saturated rings. The van der Waals surface area contributed by atoms with Crippen molar-refractivity contribution in [1.29, 1.82) is 0 Å². The van der Waals surface area contributed by atoms with Crippen molar-refractivity contribution in [3.63, 3.8) is 0 Å². The van der Waals surface area contributed by atoms with Gasteiger partial charge >= 0.3 is 6.18 Å². The molecule has 0 heterocycles. The largest absolute Gasteiger partial charge is 0.495 e. The van der Waals surface area contributed by atoms with Gasteiger partial charge in [0.2, 0.25) is 15.9 Å². The molecule has 1 N–H and O–H groups in total. The van der Waals surface area contributed by atoms with Crippen LogP contribution in [0.5, 0.6) is 5.75 Å². The van der Waals surface area contributed by atoms with Crippen LogP contribution in [0.25, 0.3) is 0 Å². The van der Waals surface area contributed by atoms with Gasteiger partial charge in [0.25, 0.3) is 0 Å². The second-order valence-corrected chi connectivity index (χ2v) is 8.69. The zero-order valence-electron chi connectivity index (χ0n) is 16.9. The summed E-state index contributed by atoms with van der Waals surface area (Å²) in [6, 6.07) is 8.30. The highest BCUT2D eigenvalue weighted by Gasteiger charge is 2.32. The highest BCUT2D eigenvalue weighted by Crippen LogP contribution is 2.33. The lowest BCUT2D eigenvalue weighted by Crippen LogP contribution is -2.47. The van der Waals surface area contributed by atoms with Crippen molar-refractivity contribution >= 4 is 21.6 Å². The maximum absolute atomic E-state index is 12.9. The van der Waals surface area contributed by atoms with E-state index in [2.05, 4.69) is 5.32 Å². The number of halogens is 3. The van der Waals surface area contributed by atoms with Crippen molar-refractivity contribution in [3.05, 3.63) is 59.2 Å². The first kappa shape index (κ1) is 23.5. The van der Waals surface area contributed by atoms with Crippen molar-refractivity contribution in [3.8, 4) is 5.75 Å². The van der Waals surface area contributed by atoms with Gasteiger partial charge in [-0.15, -0.1) is 0 Å². The fourth-order valence-corrected chi connectivity index (χ4v) is 4.12. The molecule has 0 aliphatic heterocycles. The Bertz CT molecular complexity index is 1020. The van der Waals surface area contributed by atoms with Crippen LogP contribution in [0.15, 0.2) is 42.5 Å². The number of carbonyl (C=O) groups excluding carboxylic acids is 1. The molecule has 0 aliphatic rings. The van der Waals surface area contributed by atoms with Crippen molar-refractivity contribution in [1.82, 2.24) is 5.32 Å². The number of anilines is 1. The van der Waals surface area contributed by atoms with Crippen LogP contribution in [-0.2, 0) is 27.5 Å². The van der Waals surface area contributed by atoms with E-state index in [4.69, 9.17) is 4.74 Å². The smallest absolute Gasteiger partial charge is 0.416 e. The fraction of sp³-hybridized carbons (Fsp3) is 0.350. The summed E-state index contributed by atoms with van der Waals surface area (Å²) in [4.78, 5) is 12.7. The second-order valence-electron chi connectivity index (χ2n) is 6.83. The van der Waals surface area contributed by atoms with Gasteiger partial charge in [-0.2, -0.15) is 13.2 Å². The number of methoxy groups -OCH3 is 1. The van der Waals surface area contributed by atoms with E-state index in [1.807, 2.05) is 0 Å². The standard InChI is InChI=1S/C20H23F3N2O4S/c1-13-8-9-18(29-3)17(10-13)25(30(4,27)28)14(2)19(26)24-12-15-6-5-7-16(11-15)20(21,22)23/h5-11,14H,12H2,1-4H3,(H,24,26). The van der Waals surface area contributed by atoms with Crippen LogP contribution in [0.3, 0.4) is 0 Å². The molecule has 0 radical (unpaired) electrons. The Kier molecular flexibility index (Phi) is 7.02. The van der Waals surface area contributed by atoms with Crippen molar-refractivity contribution in [2.45, 2.75) is 32.6 Å². The Morgan fingerprint density at radius 1 is 1.20 bits per heavy atom. The number of alkyl halides is 3. The summed E-state index contributed by atoms with van der Waals surface area (Å²) in [7, 11) is -2.49. The fourth-order valence-electron chi connectivity index (χ4n) is 2.95. The molecule has 0 bridgehead atoms. The van der Waals surface area contributed by atoms with Crippen molar-refractivity contribution < 1.29 is 31.1 Å². The van der Waals surface area contributed by atoms with E-state index in [0.29, 0.717) is 0 Å². The Morgan fingerprint density at radius 2 is 1.87 bits per heavy atom. The lowest BCUT2D eigenvalue weighted by molar-refractivity contribution is -0.137. The van der Waals surface area contributed by atoms with Crippen molar-refractivity contribution in [2.24, 2.45) is 0 Å². The van der Waals surface area contributed by atoms with Crippen LogP contribution >= 0.6 is 0 Å². The van der Waals surface area contributed by atoms with E-state index < -0.39 is 33.7 Å². The van der Waals surface area contributed by atoms with Gasteiger partial charge in [0.15, 0.2) is 0 Å². The molecule has 1 atom stereocenters. The maximum atomic E-state index is 12.9. The Labute approximate surface area is 173 Å². The third-order valence-corrected chi connectivity index (χ3v) is 5.61. The minimum Gasteiger partial charge on any atom is -0.495 e. The van der Waals surface area contributed by atoms with Gasteiger partial charge < -0.3 is 10.1 Å². The molecule has 10 heteroatoms. The Hall–Kier alpha value is -2.75. The highest BCUT2D eigenvalue weighted by atomic mass is 32.2. The lowest BCUT2D eigenvalue weighted by atomic mass is 10.1. The van der Waals surface area contributed by atoms with E-state index in [-0.39, 0.29) is 23.5 Å². The van der Waals surface area contributed by atoms with Crippen LogP contribution in [-0.4, -0.2) is 33.7 Å². The van der Waals surface area contributed by atoms with Gasteiger partial charge in [0.1, 0.15) is 11.8 Å². The summed E-state index contributed by atoms with van der Waals surface area (Å²) in [6.07, 6.45) is -3.53. The Balaban J connectivity index is 2.27. The van der Waals surface area contributed by atoms with Crippen LogP contribution in [0, 0.1) is 6.92 Å². The quantitative estimate of drug-likeness (QED) is 0.709. The predicted molar refractivity (Wildman–Crippen MR) is 108 cm³/mol. The van der Waals surface area contributed by atoms with Gasteiger partial charge in [-0.05, 0) is 49.2 Å². The normalized spacial score (nSPS) is 12.9. The maximum Gasteiger partial charge on any atom is 0.416 e. The molecular formula is C20H23F3N2O4S. The summed E-state index contributed by atoms with van der Waals surface area (Å²) in [5, 5.41) is 2.50. The molecule has 2 aromatic rings. The SMILES string of the molecule is COc1ccc(C)cc1N(C(C)C(=O)NCc1cccc(C(F)(F)F)c1)S(C)(=O)=O. The molecule has 164 valence electrons. The number of carbonyl (C=O) groups is 1. The molecule has 2 aromatic carbocycles. The summed E-state index contributed by atoms with van der Waals surface area (Å²) < 4.78 is 69.6. The number of benzene rings is 2. The van der Waals surface area contributed by atoms with E-state index in [0.717, 1.165) is 28.3 Å². The number of aryl methyl sites for hydroxylation is 1. The zero-order chi connectivity index (χ0) is 22.7.